The van der Waals surface area contributed by atoms with Crippen LogP contribution in [0.4, 0.5) is 11.4 Å². The average Bonchev–Trinajstić information content (AvgIpc) is 2.23. The molecule has 88 valence electrons. The molecule has 0 aromatic heterocycles. The van der Waals surface area contributed by atoms with E-state index in [9.17, 15) is 0 Å². The van der Waals surface area contributed by atoms with Crippen LogP contribution in [0.3, 0.4) is 0 Å². The minimum absolute atomic E-state index is 0.757. The van der Waals surface area contributed by atoms with E-state index < -0.39 is 0 Å². The molecule has 1 aromatic carbocycles. The van der Waals surface area contributed by atoms with Gasteiger partial charge in [0.25, 0.3) is 0 Å². The minimum atomic E-state index is 0.757. The summed E-state index contributed by atoms with van der Waals surface area (Å²) in [4.78, 5) is 0. The lowest BCUT2D eigenvalue weighted by molar-refractivity contribution is 0.303. The summed E-state index contributed by atoms with van der Waals surface area (Å²) in [7, 11) is 1.65. The zero-order valence-electron chi connectivity index (χ0n) is 9.83. The number of hydrogen-bond acceptors (Lipinski definition) is 3. The van der Waals surface area contributed by atoms with Crippen molar-refractivity contribution < 1.29 is 4.74 Å². The SMILES string of the molecule is COc1ccc(NCCC2CCC2)c(N)c1. The lowest BCUT2D eigenvalue weighted by Crippen LogP contribution is -2.16. The predicted molar refractivity (Wildman–Crippen MR) is 67.9 cm³/mol. The van der Waals surface area contributed by atoms with E-state index in [1.165, 1.54) is 25.7 Å². The molecule has 3 nitrogen and oxygen atoms in total. The second kappa shape index (κ2) is 5.10. The lowest BCUT2D eigenvalue weighted by Gasteiger charge is -2.25. The standard InChI is InChI=1S/C13H20N2O/c1-16-11-5-6-13(12(14)9-11)15-8-7-10-3-2-4-10/h5-6,9-10,15H,2-4,7-8,14H2,1H3. The van der Waals surface area contributed by atoms with Crippen LogP contribution in [0.2, 0.25) is 0 Å². The number of rotatable bonds is 5. The molecule has 0 radical (unpaired) electrons. The smallest absolute Gasteiger partial charge is 0.121 e. The van der Waals surface area contributed by atoms with E-state index in [4.69, 9.17) is 10.5 Å². The van der Waals surface area contributed by atoms with Gasteiger partial charge >= 0.3 is 0 Å². The Hall–Kier alpha value is -1.38. The van der Waals surface area contributed by atoms with E-state index in [1.54, 1.807) is 7.11 Å². The van der Waals surface area contributed by atoms with Crippen molar-refractivity contribution in [2.75, 3.05) is 24.7 Å². The van der Waals surface area contributed by atoms with Gasteiger partial charge in [-0.05, 0) is 24.5 Å². The van der Waals surface area contributed by atoms with Crippen molar-refractivity contribution in [3.05, 3.63) is 18.2 Å². The van der Waals surface area contributed by atoms with Gasteiger partial charge in [0.05, 0.1) is 18.5 Å². The van der Waals surface area contributed by atoms with Crippen molar-refractivity contribution in [2.45, 2.75) is 25.7 Å². The summed E-state index contributed by atoms with van der Waals surface area (Å²) < 4.78 is 5.11. The van der Waals surface area contributed by atoms with Crippen LogP contribution in [0.1, 0.15) is 25.7 Å². The van der Waals surface area contributed by atoms with Gasteiger partial charge in [0, 0.05) is 12.6 Å². The van der Waals surface area contributed by atoms with Crippen LogP contribution in [-0.4, -0.2) is 13.7 Å². The van der Waals surface area contributed by atoms with Gasteiger partial charge in [0.15, 0.2) is 0 Å². The van der Waals surface area contributed by atoms with Gasteiger partial charge < -0.3 is 15.8 Å². The molecule has 0 aliphatic heterocycles. The van der Waals surface area contributed by atoms with Crippen LogP contribution in [0, 0.1) is 5.92 Å². The van der Waals surface area contributed by atoms with Crippen molar-refractivity contribution in [3.8, 4) is 5.75 Å². The first-order chi connectivity index (χ1) is 7.79. The molecule has 1 aliphatic rings. The molecule has 0 saturated heterocycles. The molecular formula is C13H20N2O. The van der Waals surface area contributed by atoms with Gasteiger partial charge in [-0.2, -0.15) is 0 Å². The predicted octanol–water partition coefficient (Wildman–Crippen LogP) is 2.88. The molecule has 0 heterocycles. The van der Waals surface area contributed by atoms with E-state index in [0.717, 1.165) is 29.6 Å². The first kappa shape index (κ1) is 11.1. The summed E-state index contributed by atoms with van der Waals surface area (Å²) in [5.74, 6) is 1.74. The number of hydrogen-bond donors (Lipinski definition) is 2. The molecule has 2 rings (SSSR count). The topological polar surface area (TPSA) is 47.3 Å². The maximum Gasteiger partial charge on any atom is 0.121 e. The van der Waals surface area contributed by atoms with Gasteiger partial charge in [-0.25, -0.2) is 0 Å². The van der Waals surface area contributed by atoms with Crippen molar-refractivity contribution >= 4 is 11.4 Å². The van der Waals surface area contributed by atoms with E-state index in [0.29, 0.717) is 0 Å². The summed E-state index contributed by atoms with van der Waals surface area (Å²) in [5.41, 5.74) is 7.69. The fourth-order valence-electron chi connectivity index (χ4n) is 2.02. The summed E-state index contributed by atoms with van der Waals surface area (Å²) >= 11 is 0. The third-order valence-electron chi connectivity index (χ3n) is 3.35. The van der Waals surface area contributed by atoms with Crippen LogP contribution in [0.15, 0.2) is 18.2 Å². The normalized spacial score (nSPS) is 15.6. The largest absolute Gasteiger partial charge is 0.497 e. The molecule has 16 heavy (non-hydrogen) atoms. The highest BCUT2D eigenvalue weighted by Gasteiger charge is 2.16. The summed E-state index contributed by atoms with van der Waals surface area (Å²) in [5, 5.41) is 3.38. The first-order valence-electron chi connectivity index (χ1n) is 5.97. The van der Waals surface area contributed by atoms with E-state index in [2.05, 4.69) is 5.32 Å². The molecule has 0 bridgehead atoms. The number of anilines is 2. The van der Waals surface area contributed by atoms with E-state index in [1.807, 2.05) is 18.2 Å². The van der Waals surface area contributed by atoms with Crippen LogP contribution in [0.25, 0.3) is 0 Å². The Morgan fingerprint density at radius 2 is 2.25 bits per heavy atom. The highest BCUT2D eigenvalue weighted by atomic mass is 16.5. The van der Waals surface area contributed by atoms with Gasteiger partial charge in [0.2, 0.25) is 0 Å². The van der Waals surface area contributed by atoms with Gasteiger partial charge in [-0.15, -0.1) is 0 Å². The number of nitrogen functional groups attached to an aromatic ring is 1. The molecule has 3 N–H and O–H groups in total. The van der Waals surface area contributed by atoms with Crippen LogP contribution < -0.4 is 15.8 Å². The molecule has 1 fully saturated rings. The monoisotopic (exact) mass is 220 g/mol. The van der Waals surface area contributed by atoms with Crippen molar-refractivity contribution in [1.29, 1.82) is 0 Å². The Morgan fingerprint density at radius 1 is 1.44 bits per heavy atom. The van der Waals surface area contributed by atoms with E-state index in [-0.39, 0.29) is 0 Å². The Morgan fingerprint density at radius 3 is 2.81 bits per heavy atom. The molecular weight excluding hydrogens is 200 g/mol. The van der Waals surface area contributed by atoms with Crippen LogP contribution in [0.5, 0.6) is 5.75 Å². The number of nitrogens with two attached hydrogens (primary N) is 1. The molecule has 3 heteroatoms. The zero-order chi connectivity index (χ0) is 11.4. The molecule has 0 atom stereocenters. The fraction of sp³-hybridized carbons (Fsp3) is 0.538. The van der Waals surface area contributed by atoms with Crippen molar-refractivity contribution in [1.82, 2.24) is 0 Å². The van der Waals surface area contributed by atoms with Crippen molar-refractivity contribution in [3.63, 3.8) is 0 Å². The fourth-order valence-corrected chi connectivity index (χ4v) is 2.02. The summed E-state index contributed by atoms with van der Waals surface area (Å²) in [6.45, 7) is 1.02. The number of benzene rings is 1. The zero-order valence-corrected chi connectivity index (χ0v) is 9.83. The average molecular weight is 220 g/mol. The van der Waals surface area contributed by atoms with E-state index >= 15 is 0 Å². The molecule has 1 aromatic rings. The second-order valence-corrected chi connectivity index (χ2v) is 4.47. The molecule has 1 aliphatic carbocycles. The number of ether oxygens (including phenoxy) is 1. The summed E-state index contributed by atoms with van der Waals surface area (Å²) in [6.07, 6.45) is 5.47. The second-order valence-electron chi connectivity index (χ2n) is 4.47. The number of nitrogens with one attached hydrogen (secondary N) is 1. The molecule has 0 unspecified atom stereocenters. The Kier molecular flexibility index (Phi) is 3.54. The molecule has 0 spiro atoms. The quantitative estimate of drug-likeness (QED) is 0.750. The molecule has 0 amide bonds. The Bertz CT molecular complexity index is 348. The summed E-state index contributed by atoms with van der Waals surface area (Å²) in [6, 6.07) is 5.77. The van der Waals surface area contributed by atoms with Crippen molar-refractivity contribution in [2.24, 2.45) is 5.92 Å². The van der Waals surface area contributed by atoms with Gasteiger partial charge in [-0.1, -0.05) is 19.3 Å². The maximum atomic E-state index is 5.92. The third-order valence-corrected chi connectivity index (χ3v) is 3.35. The highest BCUT2D eigenvalue weighted by Crippen LogP contribution is 2.30. The van der Waals surface area contributed by atoms with Crippen LogP contribution >= 0.6 is 0 Å². The van der Waals surface area contributed by atoms with Gasteiger partial charge in [-0.3, -0.25) is 0 Å². The van der Waals surface area contributed by atoms with Gasteiger partial charge in [0.1, 0.15) is 5.75 Å². The lowest BCUT2D eigenvalue weighted by atomic mass is 9.83. The first-order valence-corrected chi connectivity index (χ1v) is 5.97. The number of methoxy groups -OCH3 is 1. The van der Waals surface area contributed by atoms with Crippen LogP contribution in [-0.2, 0) is 0 Å². The Balaban J connectivity index is 1.83. The third kappa shape index (κ3) is 2.60. The molecule has 1 saturated carbocycles. The maximum absolute atomic E-state index is 5.92. The Labute approximate surface area is 97.0 Å². The minimum Gasteiger partial charge on any atom is -0.497 e. The highest BCUT2D eigenvalue weighted by molar-refractivity contribution is 5.68.